The highest BCUT2D eigenvalue weighted by Gasteiger charge is 2.28. The molecule has 0 aliphatic carbocycles. The molecule has 0 saturated heterocycles. The molecule has 1 atom stereocenters. The van der Waals surface area contributed by atoms with E-state index in [2.05, 4.69) is 9.97 Å². The molecule has 7 heteroatoms. The molecule has 1 aliphatic rings. The lowest BCUT2D eigenvalue weighted by molar-refractivity contribution is 0.0669. The van der Waals surface area contributed by atoms with Crippen LogP contribution >= 0.6 is 0 Å². The average Bonchev–Trinajstić information content (AvgIpc) is 3.00. The number of para-hydroxylation sites is 1. The fourth-order valence-electron chi connectivity index (χ4n) is 3.04. The molecule has 0 bridgehead atoms. The highest BCUT2D eigenvalue weighted by atomic mass is 16.5. The number of aromatic amines is 1. The van der Waals surface area contributed by atoms with E-state index < -0.39 is 5.97 Å². The van der Waals surface area contributed by atoms with Crippen molar-refractivity contribution >= 4 is 28.4 Å². The summed E-state index contributed by atoms with van der Waals surface area (Å²) in [6, 6.07) is 10.8. The summed E-state index contributed by atoms with van der Waals surface area (Å²) in [6.07, 6.45) is 1.60. The molecule has 128 valence electrons. The molecule has 0 amide bonds. The molecule has 3 aromatic rings. The first-order chi connectivity index (χ1) is 12.2. The van der Waals surface area contributed by atoms with Gasteiger partial charge in [0.25, 0.3) is 0 Å². The van der Waals surface area contributed by atoms with Crippen LogP contribution in [0.15, 0.2) is 42.6 Å². The number of hydrogen-bond acceptors (Lipinski definition) is 5. The molecule has 7 nitrogen and oxygen atoms in total. The Labute approximate surface area is 143 Å². The highest BCUT2D eigenvalue weighted by Crippen LogP contribution is 2.38. The van der Waals surface area contributed by atoms with Crippen molar-refractivity contribution < 1.29 is 19.4 Å². The van der Waals surface area contributed by atoms with Crippen molar-refractivity contribution in [1.82, 2.24) is 9.97 Å². The number of nitrogens with zero attached hydrogens (tertiary/aromatic N) is 2. The first kappa shape index (κ1) is 15.5. The second-order valence-corrected chi connectivity index (χ2v) is 5.83. The number of aromatic carboxylic acids is 1. The van der Waals surface area contributed by atoms with Crippen LogP contribution in [0.2, 0.25) is 0 Å². The maximum Gasteiger partial charge on any atom is 0.337 e. The summed E-state index contributed by atoms with van der Waals surface area (Å²) in [5.74, 6) is -0.526. The third-order valence-corrected chi connectivity index (χ3v) is 4.32. The molecular weight excluding hydrogens is 322 g/mol. The van der Waals surface area contributed by atoms with Gasteiger partial charge in [0.05, 0.1) is 17.8 Å². The number of rotatable bonds is 3. The lowest BCUT2D eigenvalue weighted by atomic mass is 10.1. The summed E-state index contributed by atoms with van der Waals surface area (Å²) in [5.41, 5.74) is 2.25. The van der Waals surface area contributed by atoms with Crippen LogP contribution in [-0.2, 0) is 4.74 Å². The second-order valence-electron chi connectivity index (χ2n) is 5.83. The van der Waals surface area contributed by atoms with Gasteiger partial charge in [0, 0.05) is 18.7 Å². The van der Waals surface area contributed by atoms with Crippen LogP contribution in [0.4, 0.5) is 11.4 Å². The van der Waals surface area contributed by atoms with Gasteiger partial charge in [0.2, 0.25) is 5.88 Å². The largest absolute Gasteiger partial charge is 0.478 e. The van der Waals surface area contributed by atoms with Crippen molar-refractivity contribution in [2.24, 2.45) is 0 Å². The van der Waals surface area contributed by atoms with Crippen LogP contribution in [0.3, 0.4) is 0 Å². The molecule has 3 heterocycles. The monoisotopic (exact) mass is 339 g/mol. The average molecular weight is 339 g/mol. The zero-order valence-electron chi connectivity index (χ0n) is 13.6. The van der Waals surface area contributed by atoms with Gasteiger partial charge in [0.15, 0.2) is 0 Å². The number of hydrogen-bond donors (Lipinski definition) is 2. The van der Waals surface area contributed by atoms with Gasteiger partial charge in [-0.15, -0.1) is 0 Å². The van der Waals surface area contributed by atoms with E-state index in [4.69, 9.17) is 9.47 Å². The van der Waals surface area contributed by atoms with Gasteiger partial charge in [-0.2, -0.15) is 4.98 Å². The minimum atomic E-state index is -0.980. The van der Waals surface area contributed by atoms with Crippen molar-refractivity contribution in [3.63, 3.8) is 0 Å². The molecule has 0 fully saturated rings. The molecule has 1 aliphatic heterocycles. The van der Waals surface area contributed by atoms with Gasteiger partial charge >= 0.3 is 5.97 Å². The second kappa shape index (κ2) is 6.10. The summed E-state index contributed by atoms with van der Waals surface area (Å²) >= 11 is 0. The van der Waals surface area contributed by atoms with Crippen molar-refractivity contribution in [2.75, 3.05) is 25.2 Å². The number of pyridine rings is 1. The third-order valence-electron chi connectivity index (χ3n) is 4.32. The number of H-pyrrole nitrogens is 1. The molecule has 2 N–H and O–H groups in total. The Hall–Kier alpha value is -3.06. The topological polar surface area (TPSA) is 87.7 Å². The maximum absolute atomic E-state index is 11.7. The zero-order valence-corrected chi connectivity index (χ0v) is 13.6. The number of anilines is 2. The van der Waals surface area contributed by atoms with Crippen LogP contribution in [0.25, 0.3) is 11.0 Å². The Morgan fingerprint density at radius 1 is 1.36 bits per heavy atom. The Bertz CT molecular complexity index is 937. The zero-order chi connectivity index (χ0) is 17.4. The van der Waals surface area contributed by atoms with Crippen LogP contribution in [-0.4, -0.2) is 47.4 Å². The van der Waals surface area contributed by atoms with Crippen molar-refractivity contribution in [2.45, 2.75) is 6.10 Å². The van der Waals surface area contributed by atoms with E-state index in [1.165, 1.54) is 0 Å². The van der Waals surface area contributed by atoms with Gasteiger partial charge in [0.1, 0.15) is 24.0 Å². The number of carbonyl (C=O) groups is 1. The Kier molecular flexibility index (Phi) is 3.77. The molecule has 4 rings (SSSR count). The molecule has 1 unspecified atom stereocenters. The smallest absolute Gasteiger partial charge is 0.337 e. The van der Waals surface area contributed by atoms with Gasteiger partial charge in [-0.1, -0.05) is 12.1 Å². The van der Waals surface area contributed by atoms with Crippen LogP contribution in [0, 0.1) is 0 Å². The van der Waals surface area contributed by atoms with E-state index in [1.54, 1.807) is 25.3 Å². The highest BCUT2D eigenvalue weighted by molar-refractivity contribution is 5.96. The number of methoxy groups -OCH3 is 1. The SMILES string of the molecule is COC1COc2nc3[nH]ccc3cc2N(c2ccccc2C(=O)O)C1. The molecule has 0 spiro atoms. The minimum absolute atomic E-state index is 0.214. The van der Waals surface area contributed by atoms with Crippen molar-refractivity contribution in [1.29, 1.82) is 0 Å². The third kappa shape index (κ3) is 2.68. The number of aromatic nitrogens is 2. The van der Waals surface area contributed by atoms with Gasteiger partial charge < -0.3 is 24.5 Å². The molecule has 25 heavy (non-hydrogen) atoms. The molecule has 0 saturated carbocycles. The standard InChI is InChI=1S/C18H17N3O4/c1-24-12-9-21(14-5-3-2-4-13(14)18(22)23)15-8-11-6-7-19-16(11)20-17(15)25-10-12/h2-8,12H,9-10H2,1H3,(H,19,20)(H,22,23). The molecule has 2 aromatic heterocycles. The normalized spacial score (nSPS) is 17.0. The summed E-state index contributed by atoms with van der Waals surface area (Å²) < 4.78 is 11.3. The summed E-state index contributed by atoms with van der Waals surface area (Å²) in [5, 5.41) is 10.5. The number of fused-ring (bicyclic) bond motifs is 2. The van der Waals surface area contributed by atoms with E-state index in [9.17, 15) is 9.90 Å². The van der Waals surface area contributed by atoms with Crippen LogP contribution in [0.5, 0.6) is 5.88 Å². The van der Waals surface area contributed by atoms with E-state index in [0.717, 1.165) is 16.7 Å². The number of ether oxygens (including phenoxy) is 2. The van der Waals surface area contributed by atoms with Gasteiger partial charge in [-0.25, -0.2) is 4.79 Å². The molecule has 1 aromatic carbocycles. The minimum Gasteiger partial charge on any atom is -0.478 e. The predicted molar refractivity (Wildman–Crippen MR) is 92.8 cm³/mol. The van der Waals surface area contributed by atoms with Gasteiger partial charge in [-0.05, 0) is 24.3 Å². The summed E-state index contributed by atoms with van der Waals surface area (Å²) in [4.78, 5) is 21.2. The van der Waals surface area contributed by atoms with E-state index in [0.29, 0.717) is 24.7 Å². The van der Waals surface area contributed by atoms with Crippen LogP contribution in [0.1, 0.15) is 10.4 Å². The first-order valence-corrected chi connectivity index (χ1v) is 7.91. The lowest BCUT2D eigenvalue weighted by Gasteiger charge is -2.27. The number of carboxylic acid groups (broad SMARTS) is 1. The Morgan fingerprint density at radius 2 is 2.20 bits per heavy atom. The van der Waals surface area contributed by atoms with Gasteiger partial charge in [-0.3, -0.25) is 0 Å². The van der Waals surface area contributed by atoms with Crippen molar-refractivity contribution in [3.8, 4) is 5.88 Å². The number of nitrogens with one attached hydrogen (secondary N) is 1. The predicted octanol–water partition coefficient (Wildman–Crippen LogP) is 2.81. The van der Waals surface area contributed by atoms with Crippen molar-refractivity contribution in [3.05, 3.63) is 48.2 Å². The summed E-state index contributed by atoms with van der Waals surface area (Å²) in [7, 11) is 1.61. The number of carboxylic acids is 1. The van der Waals surface area contributed by atoms with E-state index in [1.807, 2.05) is 29.3 Å². The molecular formula is C18H17N3O4. The fourth-order valence-corrected chi connectivity index (χ4v) is 3.04. The Balaban J connectivity index is 1.92. The summed E-state index contributed by atoms with van der Waals surface area (Å²) in [6.45, 7) is 0.805. The van der Waals surface area contributed by atoms with E-state index in [-0.39, 0.29) is 11.7 Å². The molecule has 0 radical (unpaired) electrons. The maximum atomic E-state index is 11.7. The van der Waals surface area contributed by atoms with Crippen LogP contribution < -0.4 is 9.64 Å². The number of benzene rings is 1. The lowest BCUT2D eigenvalue weighted by Crippen LogP contribution is -2.32. The van der Waals surface area contributed by atoms with E-state index >= 15 is 0 Å². The first-order valence-electron chi connectivity index (χ1n) is 7.91. The Morgan fingerprint density at radius 3 is 3.00 bits per heavy atom. The fraction of sp³-hybridized carbons (Fsp3) is 0.222. The quantitative estimate of drug-likeness (QED) is 0.763.